The van der Waals surface area contributed by atoms with Crippen molar-refractivity contribution in [2.75, 3.05) is 11.9 Å². The van der Waals surface area contributed by atoms with Gasteiger partial charge in [0.05, 0.1) is 5.56 Å². The maximum absolute atomic E-state index is 12.3. The minimum Gasteiger partial charge on any atom is -0.370 e. The summed E-state index contributed by atoms with van der Waals surface area (Å²) < 4.78 is 37.0. The van der Waals surface area contributed by atoms with Gasteiger partial charge in [0.2, 0.25) is 0 Å². The fourth-order valence-electron chi connectivity index (χ4n) is 2.21. The SMILES string of the molecule is NC1CCC(CNc2ccc(C(F)(F)F)cn2)C1. The third kappa shape index (κ3) is 3.35. The van der Waals surface area contributed by atoms with Crippen molar-refractivity contribution in [2.24, 2.45) is 11.7 Å². The standard InChI is InChI=1S/C12H16F3N3/c13-12(14,15)9-2-4-11(18-7-9)17-6-8-1-3-10(16)5-8/h2,4,7-8,10H,1,3,5-6,16H2,(H,17,18). The van der Waals surface area contributed by atoms with Crippen molar-refractivity contribution in [3.05, 3.63) is 23.9 Å². The third-order valence-corrected chi connectivity index (χ3v) is 3.24. The highest BCUT2D eigenvalue weighted by Crippen LogP contribution is 2.29. The molecule has 0 spiro atoms. The van der Waals surface area contributed by atoms with Crippen molar-refractivity contribution in [1.29, 1.82) is 0 Å². The molecule has 3 N–H and O–H groups in total. The van der Waals surface area contributed by atoms with Crippen molar-refractivity contribution < 1.29 is 13.2 Å². The zero-order chi connectivity index (χ0) is 13.2. The van der Waals surface area contributed by atoms with Gasteiger partial charge in [-0.2, -0.15) is 13.2 Å². The molecule has 100 valence electrons. The number of alkyl halides is 3. The zero-order valence-electron chi connectivity index (χ0n) is 9.87. The Balaban J connectivity index is 1.87. The molecule has 2 unspecified atom stereocenters. The van der Waals surface area contributed by atoms with E-state index in [2.05, 4.69) is 10.3 Å². The molecule has 1 heterocycles. The fourth-order valence-corrected chi connectivity index (χ4v) is 2.21. The van der Waals surface area contributed by atoms with Gasteiger partial charge < -0.3 is 11.1 Å². The van der Waals surface area contributed by atoms with Crippen LogP contribution in [0.5, 0.6) is 0 Å². The van der Waals surface area contributed by atoms with Crippen LogP contribution in [0.4, 0.5) is 19.0 Å². The van der Waals surface area contributed by atoms with Crippen molar-refractivity contribution in [3.63, 3.8) is 0 Å². The summed E-state index contributed by atoms with van der Waals surface area (Å²) in [6.45, 7) is 0.714. The normalized spacial score (nSPS) is 24.2. The Morgan fingerprint density at radius 1 is 1.33 bits per heavy atom. The number of anilines is 1. The Hall–Kier alpha value is -1.30. The van der Waals surface area contributed by atoms with Gasteiger partial charge in [-0.3, -0.25) is 0 Å². The van der Waals surface area contributed by atoms with E-state index in [9.17, 15) is 13.2 Å². The summed E-state index contributed by atoms with van der Waals surface area (Å²) in [6.07, 6.45) is -0.429. The van der Waals surface area contributed by atoms with Crippen molar-refractivity contribution in [3.8, 4) is 0 Å². The van der Waals surface area contributed by atoms with E-state index in [1.807, 2.05) is 0 Å². The molecule has 6 heteroatoms. The number of rotatable bonds is 3. The van der Waals surface area contributed by atoms with Gasteiger partial charge in [-0.1, -0.05) is 0 Å². The summed E-state index contributed by atoms with van der Waals surface area (Å²) in [5, 5.41) is 3.05. The number of nitrogens with zero attached hydrogens (tertiary/aromatic N) is 1. The summed E-state index contributed by atoms with van der Waals surface area (Å²) in [4.78, 5) is 3.76. The number of hydrogen-bond donors (Lipinski definition) is 2. The molecule has 2 atom stereocenters. The highest BCUT2D eigenvalue weighted by atomic mass is 19.4. The van der Waals surface area contributed by atoms with Crippen LogP contribution in [-0.4, -0.2) is 17.6 Å². The summed E-state index contributed by atoms with van der Waals surface area (Å²) in [6, 6.07) is 2.66. The number of halogens is 3. The number of nitrogens with one attached hydrogen (secondary N) is 1. The molecule has 0 aromatic carbocycles. The van der Waals surface area contributed by atoms with Crippen LogP contribution in [0.25, 0.3) is 0 Å². The lowest BCUT2D eigenvalue weighted by atomic mass is 10.1. The van der Waals surface area contributed by atoms with Crippen LogP contribution >= 0.6 is 0 Å². The second-order valence-corrected chi connectivity index (χ2v) is 4.75. The molecule has 1 aromatic rings. The third-order valence-electron chi connectivity index (χ3n) is 3.24. The lowest BCUT2D eigenvalue weighted by Gasteiger charge is -2.12. The first kappa shape index (κ1) is 13.1. The molecular formula is C12H16F3N3. The van der Waals surface area contributed by atoms with Crippen LogP contribution in [-0.2, 0) is 6.18 Å². The van der Waals surface area contributed by atoms with E-state index in [0.717, 1.165) is 31.5 Å². The Morgan fingerprint density at radius 3 is 2.61 bits per heavy atom. The predicted octanol–water partition coefficient (Wildman–Crippen LogP) is 2.64. The molecule has 0 amide bonds. The maximum Gasteiger partial charge on any atom is 0.417 e. The van der Waals surface area contributed by atoms with Gasteiger partial charge in [-0.05, 0) is 37.3 Å². The molecule has 18 heavy (non-hydrogen) atoms. The molecule has 0 bridgehead atoms. The summed E-state index contributed by atoms with van der Waals surface area (Å²) in [7, 11) is 0. The second-order valence-electron chi connectivity index (χ2n) is 4.75. The lowest BCUT2D eigenvalue weighted by molar-refractivity contribution is -0.137. The first-order valence-corrected chi connectivity index (χ1v) is 5.98. The molecule has 0 aliphatic heterocycles. The van der Waals surface area contributed by atoms with E-state index in [1.165, 1.54) is 6.07 Å². The predicted molar refractivity (Wildman–Crippen MR) is 63.0 cm³/mol. The summed E-state index contributed by atoms with van der Waals surface area (Å²) in [5.74, 6) is 0.965. The highest BCUT2D eigenvalue weighted by molar-refractivity contribution is 5.36. The Labute approximate surface area is 104 Å². The van der Waals surface area contributed by atoms with E-state index in [-0.39, 0.29) is 6.04 Å². The number of hydrogen-bond acceptors (Lipinski definition) is 3. The highest BCUT2D eigenvalue weighted by Gasteiger charge is 2.30. The van der Waals surface area contributed by atoms with E-state index in [1.54, 1.807) is 0 Å². The van der Waals surface area contributed by atoms with Gasteiger partial charge in [0.15, 0.2) is 0 Å². The molecule has 0 radical (unpaired) electrons. The second kappa shape index (κ2) is 5.14. The van der Waals surface area contributed by atoms with Crippen LogP contribution in [0.15, 0.2) is 18.3 Å². The van der Waals surface area contributed by atoms with Gasteiger partial charge in [0.25, 0.3) is 0 Å². The first-order chi connectivity index (χ1) is 8.45. The monoisotopic (exact) mass is 259 g/mol. The van der Waals surface area contributed by atoms with Crippen LogP contribution in [0.1, 0.15) is 24.8 Å². The number of nitrogens with two attached hydrogens (primary N) is 1. The van der Waals surface area contributed by atoms with Gasteiger partial charge >= 0.3 is 6.18 Å². The van der Waals surface area contributed by atoms with Gasteiger partial charge in [0, 0.05) is 18.8 Å². The lowest BCUT2D eigenvalue weighted by Crippen LogP contribution is -2.18. The van der Waals surface area contributed by atoms with Gasteiger partial charge in [0.1, 0.15) is 5.82 Å². The smallest absolute Gasteiger partial charge is 0.370 e. The van der Waals surface area contributed by atoms with Crippen molar-refractivity contribution >= 4 is 5.82 Å². The zero-order valence-corrected chi connectivity index (χ0v) is 9.87. The van der Waals surface area contributed by atoms with Crippen LogP contribution < -0.4 is 11.1 Å². The number of pyridine rings is 1. The topological polar surface area (TPSA) is 50.9 Å². The molecule has 1 aromatic heterocycles. The molecule has 0 saturated heterocycles. The maximum atomic E-state index is 12.3. The Morgan fingerprint density at radius 2 is 2.11 bits per heavy atom. The minimum atomic E-state index is -4.33. The van der Waals surface area contributed by atoms with E-state index in [4.69, 9.17) is 5.73 Å². The minimum absolute atomic E-state index is 0.261. The first-order valence-electron chi connectivity index (χ1n) is 5.98. The van der Waals surface area contributed by atoms with E-state index in [0.29, 0.717) is 18.3 Å². The van der Waals surface area contributed by atoms with Gasteiger partial charge in [-0.15, -0.1) is 0 Å². The van der Waals surface area contributed by atoms with E-state index < -0.39 is 11.7 Å². The molecule has 1 aliphatic carbocycles. The molecule has 1 fully saturated rings. The molecule has 2 rings (SSSR count). The average Bonchev–Trinajstić information content (AvgIpc) is 2.72. The largest absolute Gasteiger partial charge is 0.417 e. The summed E-state index contributed by atoms with van der Waals surface area (Å²) in [5.41, 5.74) is 5.07. The number of aromatic nitrogens is 1. The molecule has 3 nitrogen and oxygen atoms in total. The Bertz CT molecular complexity index is 389. The van der Waals surface area contributed by atoms with Crippen LogP contribution in [0.3, 0.4) is 0 Å². The van der Waals surface area contributed by atoms with E-state index >= 15 is 0 Å². The van der Waals surface area contributed by atoms with Crippen LogP contribution in [0.2, 0.25) is 0 Å². The summed E-state index contributed by atoms with van der Waals surface area (Å²) >= 11 is 0. The quantitative estimate of drug-likeness (QED) is 0.877. The van der Waals surface area contributed by atoms with Crippen molar-refractivity contribution in [1.82, 2.24) is 4.98 Å². The molecule has 1 saturated carbocycles. The van der Waals surface area contributed by atoms with Crippen molar-refractivity contribution in [2.45, 2.75) is 31.5 Å². The van der Waals surface area contributed by atoms with Gasteiger partial charge in [-0.25, -0.2) is 4.98 Å². The average molecular weight is 259 g/mol. The fraction of sp³-hybridized carbons (Fsp3) is 0.583. The van der Waals surface area contributed by atoms with Crippen LogP contribution in [0, 0.1) is 5.92 Å². The molecular weight excluding hydrogens is 243 g/mol. The molecule has 1 aliphatic rings. The Kier molecular flexibility index (Phi) is 3.75.